The standard InChI is InChI=1S/C13H11N5O2S/c1-8-14-11(16-20-8)12-15-13(21-17-12)18(9(2)19)10-6-4-3-5-7-10/h3-7H,1-2H3. The van der Waals surface area contributed by atoms with Crippen molar-refractivity contribution in [3.05, 3.63) is 36.2 Å². The highest BCUT2D eigenvalue weighted by molar-refractivity contribution is 7.10. The van der Waals surface area contributed by atoms with E-state index < -0.39 is 0 Å². The monoisotopic (exact) mass is 301 g/mol. The Bertz CT molecular complexity index is 768. The lowest BCUT2D eigenvalue weighted by Gasteiger charge is -2.16. The molecular formula is C13H11N5O2S. The van der Waals surface area contributed by atoms with Gasteiger partial charge in [0, 0.05) is 25.4 Å². The van der Waals surface area contributed by atoms with Crippen LogP contribution in [0.2, 0.25) is 0 Å². The van der Waals surface area contributed by atoms with E-state index in [-0.39, 0.29) is 5.91 Å². The number of nitrogens with zero attached hydrogens (tertiary/aromatic N) is 5. The Labute approximate surface area is 124 Å². The van der Waals surface area contributed by atoms with Crippen LogP contribution in [0.4, 0.5) is 10.8 Å². The Morgan fingerprint density at radius 3 is 2.57 bits per heavy atom. The summed E-state index contributed by atoms with van der Waals surface area (Å²) in [5, 5.41) is 4.23. The van der Waals surface area contributed by atoms with E-state index in [1.54, 1.807) is 6.92 Å². The Kier molecular flexibility index (Phi) is 3.44. The third kappa shape index (κ3) is 2.65. The summed E-state index contributed by atoms with van der Waals surface area (Å²) in [6.45, 7) is 3.17. The molecule has 0 unspecified atom stereocenters. The van der Waals surface area contributed by atoms with Gasteiger partial charge in [-0.2, -0.15) is 14.3 Å². The van der Waals surface area contributed by atoms with Crippen LogP contribution < -0.4 is 4.90 Å². The third-order valence-corrected chi connectivity index (χ3v) is 3.36. The van der Waals surface area contributed by atoms with Crippen LogP contribution in [0.5, 0.6) is 0 Å². The molecule has 21 heavy (non-hydrogen) atoms. The van der Waals surface area contributed by atoms with E-state index in [4.69, 9.17) is 4.52 Å². The molecule has 3 rings (SSSR count). The lowest BCUT2D eigenvalue weighted by molar-refractivity contribution is -0.115. The maximum Gasteiger partial charge on any atom is 0.241 e. The molecule has 0 aliphatic rings. The van der Waals surface area contributed by atoms with Crippen LogP contribution in [0.3, 0.4) is 0 Å². The van der Waals surface area contributed by atoms with Crippen molar-refractivity contribution in [2.75, 3.05) is 4.90 Å². The summed E-state index contributed by atoms with van der Waals surface area (Å²) in [4.78, 5) is 21.8. The predicted molar refractivity (Wildman–Crippen MR) is 77.2 cm³/mol. The van der Waals surface area contributed by atoms with Crippen molar-refractivity contribution in [2.45, 2.75) is 13.8 Å². The highest BCUT2D eigenvalue weighted by Gasteiger charge is 2.20. The second-order valence-corrected chi connectivity index (χ2v) is 4.96. The molecule has 0 saturated heterocycles. The first-order valence-corrected chi connectivity index (χ1v) is 6.92. The number of aromatic nitrogens is 4. The summed E-state index contributed by atoms with van der Waals surface area (Å²) in [6, 6.07) is 9.27. The molecule has 2 heterocycles. The van der Waals surface area contributed by atoms with Gasteiger partial charge in [0.2, 0.25) is 28.6 Å². The van der Waals surface area contributed by atoms with Gasteiger partial charge in [0.15, 0.2) is 0 Å². The van der Waals surface area contributed by atoms with Crippen molar-refractivity contribution in [3.63, 3.8) is 0 Å². The van der Waals surface area contributed by atoms with E-state index >= 15 is 0 Å². The molecule has 0 spiro atoms. The van der Waals surface area contributed by atoms with Gasteiger partial charge in [0.1, 0.15) is 0 Å². The summed E-state index contributed by atoms with van der Waals surface area (Å²) >= 11 is 1.11. The first kappa shape index (κ1) is 13.4. The van der Waals surface area contributed by atoms with Crippen molar-refractivity contribution >= 4 is 28.3 Å². The number of rotatable bonds is 3. The van der Waals surface area contributed by atoms with E-state index in [0.29, 0.717) is 22.7 Å². The molecule has 8 heteroatoms. The summed E-state index contributed by atoms with van der Waals surface area (Å²) in [7, 11) is 0. The van der Waals surface area contributed by atoms with Crippen LogP contribution in [0.25, 0.3) is 11.6 Å². The molecule has 1 aromatic carbocycles. The van der Waals surface area contributed by atoms with Crippen molar-refractivity contribution in [2.24, 2.45) is 0 Å². The Hall–Kier alpha value is -2.61. The van der Waals surface area contributed by atoms with Crippen LogP contribution in [0.15, 0.2) is 34.9 Å². The average molecular weight is 301 g/mol. The Morgan fingerprint density at radius 2 is 1.95 bits per heavy atom. The second kappa shape index (κ2) is 5.41. The number of hydrogen-bond donors (Lipinski definition) is 0. The molecule has 0 fully saturated rings. The highest BCUT2D eigenvalue weighted by atomic mass is 32.1. The minimum atomic E-state index is -0.145. The molecule has 0 radical (unpaired) electrons. The SMILES string of the molecule is CC(=O)N(c1ccccc1)c1nc(-c2noc(C)n2)ns1. The zero-order valence-electron chi connectivity index (χ0n) is 11.3. The predicted octanol–water partition coefficient (Wildman–Crippen LogP) is 2.58. The molecule has 7 nitrogen and oxygen atoms in total. The van der Waals surface area contributed by atoms with Crippen LogP contribution in [0, 0.1) is 6.92 Å². The summed E-state index contributed by atoms with van der Waals surface area (Å²) in [5.41, 5.74) is 0.733. The maximum atomic E-state index is 11.9. The van der Waals surface area contributed by atoms with Crippen molar-refractivity contribution in [1.29, 1.82) is 0 Å². The number of aryl methyl sites for hydroxylation is 1. The quantitative estimate of drug-likeness (QED) is 0.739. The van der Waals surface area contributed by atoms with Crippen LogP contribution >= 0.6 is 11.5 Å². The normalized spacial score (nSPS) is 10.6. The van der Waals surface area contributed by atoms with Gasteiger partial charge in [-0.25, -0.2) is 0 Å². The summed E-state index contributed by atoms with van der Waals surface area (Å²) in [6.07, 6.45) is 0. The van der Waals surface area contributed by atoms with Gasteiger partial charge in [-0.15, -0.1) is 0 Å². The lowest BCUT2D eigenvalue weighted by Crippen LogP contribution is -2.22. The van der Waals surface area contributed by atoms with Gasteiger partial charge in [-0.3, -0.25) is 9.69 Å². The zero-order chi connectivity index (χ0) is 14.8. The molecule has 0 saturated carbocycles. The number of hydrogen-bond acceptors (Lipinski definition) is 7. The molecule has 0 aliphatic heterocycles. The maximum absolute atomic E-state index is 11.9. The smallest absolute Gasteiger partial charge is 0.241 e. The molecule has 1 amide bonds. The molecule has 0 aliphatic carbocycles. The number of anilines is 2. The van der Waals surface area contributed by atoms with Gasteiger partial charge in [0.05, 0.1) is 5.69 Å². The zero-order valence-corrected chi connectivity index (χ0v) is 12.2. The second-order valence-electron chi connectivity index (χ2n) is 4.23. The molecule has 2 aromatic heterocycles. The number of benzene rings is 1. The van der Waals surface area contributed by atoms with E-state index in [9.17, 15) is 4.79 Å². The van der Waals surface area contributed by atoms with Crippen LogP contribution in [0.1, 0.15) is 12.8 Å². The van der Waals surface area contributed by atoms with Crippen LogP contribution in [-0.2, 0) is 4.79 Å². The molecule has 106 valence electrons. The molecular weight excluding hydrogens is 290 g/mol. The van der Waals surface area contributed by atoms with Crippen LogP contribution in [-0.4, -0.2) is 25.4 Å². The van der Waals surface area contributed by atoms with Gasteiger partial charge in [-0.05, 0) is 12.1 Å². The van der Waals surface area contributed by atoms with E-state index in [1.165, 1.54) is 11.8 Å². The summed E-state index contributed by atoms with van der Waals surface area (Å²) < 4.78 is 9.08. The summed E-state index contributed by atoms with van der Waals surface area (Å²) in [5.74, 6) is 0.946. The van der Waals surface area contributed by atoms with E-state index in [2.05, 4.69) is 19.5 Å². The minimum absolute atomic E-state index is 0.145. The number of carbonyl (C=O) groups excluding carboxylic acids is 1. The van der Waals surface area contributed by atoms with E-state index in [0.717, 1.165) is 17.2 Å². The average Bonchev–Trinajstić information content (AvgIpc) is 3.09. The first-order chi connectivity index (χ1) is 10.1. The molecule has 0 atom stereocenters. The fourth-order valence-corrected chi connectivity index (χ4v) is 2.52. The van der Waals surface area contributed by atoms with Gasteiger partial charge in [-0.1, -0.05) is 23.4 Å². The van der Waals surface area contributed by atoms with Crippen molar-refractivity contribution < 1.29 is 9.32 Å². The van der Waals surface area contributed by atoms with E-state index in [1.807, 2.05) is 30.3 Å². The Morgan fingerprint density at radius 1 is 1.19 bits per heavy atom. The lowest BCUT2D eigenvalue weighted by atomic mass is 10.3. The van der Waals surface area contributed by atoms with Crippen molar-refractivity contribution in [3.8, 4) is 11.6 Å². The number of amides is 1. The topological polar surface area (TPSA) is 85.0 Å². The Balaban J connectivity index is 1.98. The van der Waals surface area contributed by atoms with Gasteiger partial charge in [0.25, 0.3) is 0 Å². The first-order valence-electron chi connectivity index (χ1n) is 6.15. The van der Waals surface area contributed by atoms with Gasteiger partial charge < -0.3 is 4.52 Å². The third-order valence-electron chi connectivity index (χ3n) is 2.66. The molecule has 0 N–H and O–H groups in total. The largest absolute Gasteiger partial charge is 0.339 e. The number of para-hydroxylation sites is 1. The molecule has 0 bridgehead atoms. The molecule has 3 aromatic rings. The number of carbonyl (C=O) groups is 1. The highest BCUT2D eigenvalue weighted by Crippen LogP contribution is 2.28. The fraction of sp³-hybridized carbons (Fsp3) is 0.154. The van der Waals surface area contributed by atoms with Gasteiger partial charge >= 0.3 is 0 Å². The van der Waals surface area contributed by atoms with Crippen molar-refractivity contribution in [1.82, 2.24) is 19.5 Å². The fourth-order valence-electron chi connectivity index (χ4n) is 1.79. The minimum Gasteiger partial charge on any atom is -0.339 e.